The molecule has 0 radical (unpaired) electrons. The fourth-order valence-corrected chi connectivity index (χ4v) is 4.12. The van der Waals surface area contributed by atoms with E-state index in [-0.39, 0.29) is 0 Å². The van der Waals surface area contributed by atoms with Crippen molar-refractivity contribution in [3.63, 3.8) is 0 Å². The smallest absolute Gasteiger partial charge is 0.191 e. The topological polar surface area (TPSA) is 66.5 Å². The maximum absolute atomic E-state index is 9.19. The highest BCUT2D eigenvalue weighted by Gasteiger charge is 2.23. The first kappa shape index (κ1) is 18.1. The number of rotatable bonds is 7. The Kier molecular flexibility index (Phi) is 6.22. The summed E-state index contributed by atoms with van der Waals surface area (Å²) in [6.45, 7) is 0.780. The number of aromatic nitrogens is 3. The number of hydrogen-bond acceptors (Lipinski definition) is 5. The second-order valence-electron chi connectivity index (χ2n) is 6.24. The molecular formula is C18H22ClN5S. The van der Waals surface area contributed by atoms with Crippen LogP contribution in [0.25, 0.3) is 0 Å². The second kappa shape index (κ2) is 8.59. The predicted octanol–water partition coefficient (Wildman–Crippen LogP) is 4.68. The highest BCUT2D eigenvalue weighted by molar-refractivity contribution is 7.98. The third kappa shape index (κ3) is 4.28. The van der Waals surface area contributed by atoms with Gasteiger partial charge >= 0.3 is 0 Å². The lowest BCUT2D eigenvalue weighted by atomic mass is 10.2. The minimum Gasteiger partial charge on any atom is -0.384 e. The monoisotopic (exact) mass is 375 g/mol. The molecule has 1 saturated carbocycles. The van der Waals surface area contributed by atoms with Gasteiger partial charge in [0, 0.05) is 24.0 Å². The van der Waals surface area contributed by atoms with Crippen molar-refractivity contribution >= 4 is 29.1 Å². The minimum absolute atomic E-state index is 0.557. The summed E-state index contributed by atoms with van der Waals surface area (Å²) in [4.78, 5) is 0. The zero-order valence-corrected chi connectivity index (χ0v) is 15.9. The van der Waals surface area contributed by atoms with E-state index < -0.39 is 0 Å². The van der Waals surface area contributed by atoms with Gasteiger partial charge in [-0.3, -0.25) is 0 Å². The molecule has 0 spiro atoms. The molecule has 1 aromatic carbocycles. The maximum Gasteiger partial charge on any atom is 0.191 e. The number of aryl methyl sites for hydroxylation is 1. The summed E-state index contributed by atoms with van der Waals surface area (Å²) in [5.41, 5.74) is 1.40. The Morgan fingerprint density at radius 2 is 2.16 bits per heavy atom. The lowest BCUT2D eigenvalue weighted by molar-refractivity contribution is 0.461. The molecule has 7 heteroatoms. The predicted molar refractivity (Wildman–Crippen MR) is 102 cm³/mol. The summed E-state index contributed by atoms with van der Waals surface area (Å²) in [6, 6.07) is 8.07. The van der Waals surface area contributed by atoms with E-state index in [0.717, 1.165) is 36.1 Å². The first-order valence-corrected chi connectivity index (χ1v) is 10.2. The van der Waals surface area contributed by atoms with Crippen molar-refractivity contribution in [3.8, 4) is 6.07 Å². The molecule has 1 aliphatic rings. The summed E-state index contributed by atoms with van der Waals surface area (Å²) in [5.74, 6) is 1.08. The van der Waals surface area contributed by atoms with Gasteiger partial charge in [0.15, 0.2) is 5.16 Å². The van der Waals surface area contributed by atoms with Gasteiger partial charge in [0.1, 0.15) is 11.9 Å². The van der Waals surface area contributed by atoms with Crippen LogP contribution in [0.5, 0.6) is 0 Å². The fraction of sp³-hybridized carbons (Fsp3) is 0.500. The maximum atomic E-state index is 9.19. The van der Waals surface area contributed by atoms with E-state index in [1.54, 1.807) is 23.9 Å². The first-order chi connectivity index (χ1) is 12.2. The highest BCUT2D eigenvalue weighted by atomic mass is 35.5. The fourth-order valence-electron chi connectivity index (χ4n) is 3.38. The molecule has 0 unspecified atom stereocenters. The van der Waals surface area contributed by atoms with Crippen molar-refractivity contribution < 1.29 is 0 Å². The van der Waals surface area contributed by atoms with E-state index in [2.05, 4.69) is 32.4 Å². The number of benzene rings is 1. The van der Waals surface area contributed by atoms with E-state index in [4.69, 9.17) is 11.6 Å². The van der Waals surface area contributed by atoms with Crippen LogP contribution in [0.15, 0.2) is 23.4 Å². The lowest BCUT2D eigenvalue weighted by Crippen LogP contribution is -2.12. The van der Waals surface area contributed by atoms with Crippen LogP contribution in [-0.4, -0.2) is 27.6 Å². The Morgan fingerprint density at radius 1 is 1.36 bits per heavy atom. The molecule has 0 amide bonds. The molecule has 3 rings (SSSR count). The average molecular weight is 376 g/mol. The van der Waals surface area contributed by atoms with Crippen LogP contribution < -0.4 is 5.32 Å². The minimum atomic E-state index is 0.557. The van der Waals surface area contributed by atoms with Crippen molar-refractivity contribution in [1.29, 1.82) is 5.26 Å². The molecule has 0 atom stereocenters. The molecule has 2 aromatic rings. The number of halogens is 1. The SMILES string of the molecule is CSc1nnc(CCCNc2ccc(Cl)cc2C#N)n1C1CCCC1. The number of nitrogens with zero attached hydrogens (tertiary/aromatic N) is 4. The Hall–Kier alpha value is -1.71. The molecule has 1 heterocycles. The van der Waals surface area contributed by atoms with Crippen molar-refractivity contribution in [2.75, 3.05) is 18.1 Å². The van der Waals surface area contributed by atoms with Crippen LogP contribution in [0.3, 0.4) is 0 Å². The Bertz CT molecular complexity index is 761. The van der Waals surface area contributed by atoms with Crippen molar-refractivity contribution in [1.82, 2.24) is 14.8 Å². The summed E-state index contributed by atoms with van der Waals surface area (Å²) >= 11 is 7.60. The van der Waals surface area contributed by atoms with E-state index in [9.17, 15) is 5.26 Å². The zero-order valence-electron chi connectivity index (χ0n) is 14.3. The molecule has 25 heavy (non-hydrogen) atoms. The van der Waals surface area contributed by atoms with Crippen molar-refractivity contribution in [2.45, 2.75) is 49.7 Å². The van der Waals surface area contributed by atoms with Crippen LogP contribution in [-0.2, 0) is 6.42 Å². The van der Waals surface area contributed by atoms with Gasteiger partial charge in [0.25, 0.3) is 0 Å². The van der Waals surface area contributed by atoms with Crippen LogP contribution in [0, 0.1) is 11.3 Å². The third-order valence-corrected chi connectivity index (χ3v) is 5.48. The van der Waals surface area contributed by atoms with E-state index in [0.29, 0.717) is 16.6 Å². The number of nitrogens with one attached hydrogen (secondary N) is 1. The van der Waals surface area contributed by atoms with Crippen LogP contribution in [0.4, 0.5) is 5.69 Å². The van der Waals surface area contributed by atoms with Gasteiger partial charge in [-0.25, -0.2) is 0 Å². The van der Waals surface area contributed by atoms with Gasteiger partial charge in [-0.05, 0) is 43.7 Å². The molecule has 1 N–H and O–H groups in total. The van der Waals surface area contributed by atoms with E-state index in [1.165, 1.54) is 25.7 Å². The standard InChI is InChI=1S/C18H22ClN5S/c1-25-18-23-22-17(24(18)15-5-2-3-6-15)7-4-10-21-16-9-8-14(19)11-13(16)12-20/h8-9,11,15,21H,2-7,10H2,1H3. The summed E-state index contributed by atoms with van der Waals surface area (Å²) < 4.78 is 2.35. The number of anilines is 1. The molecule has 0 aliphatic heterocycles. The molecule has 0 bridgehead atoms. The first-order valence-electron chi connectivity index (χ1n) is 8.64. The van der Waals surface area contributed by atoms with Gasteiger partial charge < -0.3 is 9.88 Å². The molecule has 5 nitrogen and oxygen atoms in total. The van der Waals surface area contributed by atoms with Crippen LogP contribution >= 0.6 is 23.4 Å². The van der Waals surface area contributed by atoms with E-state index >= 15 is 0 Å². The van der Waals surface area contributed by atoms with Gasteiger partial charge in [0.2, 0.25) is 0 Å². The quantitative estimate of drug-likeness (QED) is 0.562. The normalized spacial score (nSPS) is 14.6. The molecule has 1 aromatic heterocycles. The molecular weight excluding hydrogens is 354 g/mol. The number of thioether (sulfide) groups is 1. The summed E-state index contributed by atoms with van der Waals surface area (Å²) in [6.07, 6.45) is 8.93. The van der Waals surface area contributed by atoms with Gasteiger partial charge in [-0.1, -0.05) is 36.2 Å². The van der Waals surface area contributed by atoms with Gasteiger partial charge in [-0.2, -0.15) is 5.26 Å². The van der Waals surface area contributed by atoms with Crippen LogP contribution in [0.2, 0.25) is 5.02 Å². The van der Waals surface area contributed by atoms with Gasteiger partial charge in [0.05, 0.1) is 11.3 Å². The molecule has 132 valence electrons. The molecule has 0 saturated heterocycles. The third-order valence-electron chi connectivity index (χ3n) is 4.60. The number of nitriles is 1. The van der Waals surface area contributed by atoms with Crippen molar-refractivity contribution in [2.24, 2.45) is 0 Å². The lowest BCUT2D eigenvalue weighted by Gasteiger charge is -2.16. The second-order valence-corrected chi connectivity index (χ2v) is 7.45. The summed E-state index contributed by atoms with van der Waals surface area (Å²) in [7, 11) is 0. The molecule has 1 aliphatic carbocycles. The average Bonchev–Trinajstić information content (AvgIpc) is 3.28. The zero-order chi connectivity index (χ0) is 17.6. The van der Waals surface area contributed by atoms with Crippen LogP contribution in [0.1, 0.15) is 49.5 Å². The Morgan fingerprint density at radius 3 is 2.88 bits per heavy atom. The summed E-state index contributed by atoms with van der Waals surface area (Å²) in [5, 5.41) is 22.9. The Balaban J connectivity index is 1.59. The van der Waals surface area contributed by atoms with Gasteiger partial charge in [-0.15, -0.1) is 10.2 Å². The number of hydrogen-bond donors (Lipinski definition) is 1. The Labute approximate surface area is 157 Å². The largest absolute Gasteiger partial charge is 0.384 e. The van der Waals surface area contributed by atoms with E-state index in [1.807, 2.05) is 6.07 Å². The molecule has 1 fully saturated rings. The highest BCUT2D eigenvalue weighted by Crippen LogP contribution is 2.33. The van der Waals surface area contributed by atoms with Crippen molar-refractivity contribution in [3.05, 3.63) is 34.6 Å².